The third-order valence-electron chi connectivity index (χ3n) is 4.60. The van der Waals surface area contributed by atoms with Crippen molar-refractivity contribution in [2.45, 2.75) is 58.8 Å². The molecule has 1 aromatic carbocycles. The monoisotopic (exact) mass is 363 g/mol. The van der Waals surface area contributed by atoms with Crippen LogP contribution in [0.4, 0.5) is 0 Å². The molecule has 0 aromatic heterocycles. The first-order chi connectivity index (χ1) is 12.0. The highest BCUT2D eigenvalue weighted by Gasteiger charge is 2.19. The van der Waals surface area contributed by atoms with E-state index in [4.69, 9.17) is 22.7 Å². The number of nitrogens with one attached hydrogen (secondary N) is 1. The molecule has 0 bridgehead atoms. The lowest BCUT2D eigenvalue weighted by atomic mass is 10.0. The minimum absolute atomic E-state index is 0.0381. The van der Waals surface area contributed by atoms with E-state index in [-0.39, 0.29) is 17.6 Å². The molecule has 1 aliphatic rings. The second-order valence-corrected chi connectivity index (χ2v) is 6.98. The van der Waals surface area contributed by atoms with E-state index in [0.29, 0.717) is 6.54 Å². The molecular formula is C19H29N3O2S. The van der Waals surface area contributed by atoms with Crippen LogP contribution in [-0.4, -0.2) is 29.2 Å². The molecule has 2 rings (SSSR count). The number of hydrogen-bond acceptors (Lipinski definition) is 3. The second-order valence-electron chi connectivity index (χ2n) is 6.57. The van der Waals surface area contributed by atoms with Gasteiger partial charge in [0.2, 0.25) is 0 Å². The van der Waals surface area contributed by atoms with E-state index in [1.165, 1.54) is 28.1 Å². The Kier molecular flexibility index (Phi) is 7.50. The van der Waals surface area contributed by atoms with Crippen LogP contribution in [0, 0.1) is 6.92 Å². The van der Waals surface area contributed by atoms with Crippen LogP contribution in [0.1, 0.15) is 55.7 Å². The Morgan fingerprint density at radius 2 is 2.04 bits per heavy atom. The summed E-state index contributed by atoms with van der Waals surface area (Å²) < 4.78 is 5.77. The maximum Gasteiger partial charge on any atom is 0.276 e. The summed E-state index contributed by atoms with van der Waals surface area (Å²) in [5.41, 5.74) is 12.4. The Labute approximate surface area is 155 Å². The first-order valence-electron chi connectivity index (χ1n) is 9.13. The van der Waals surface area contributed by atoms with E-state index in [1.807, 2.05) is 6.07 Å². The number of hydrazine groups is 1. The molecule has 138 valence electrons. The molecule has 0 radical (unpaired) electrons. The number of carbonyl (C=O) groups excluding carboxylic acids is 1. The van der Waals surface area contributed by atoms with Gasteiger partial charge >= 0.3 is 0 Å². The molecule has 1 aliphatic carbocycles. The van der Waals surface area contributed by atoms with E-state index in [1.54, 1.807) is 0 Å². The minimum atomic E-state index is -0.240. The Balaban J connectivity index is 1.85. The highest BCUT2D eigenvalue weighted by molar-refractivity contribution is 7.80. The van der Waals surface area contributed by atoms with Gasteiger partial charge in [-0.2, -0.15) is 0 Å². The topological polar surface area (TPSA) is 67.6 Å². The van der Waals surface area contributed by atoms with Crippen molar-refractivity contribution < 1.29 is 9.53 Å². The van der Waals surface area contributed by atoms with Gasteiger partial charge < -0.3 is 10.5 Å². The van der Waals surface area contributed by atoms with Crippen LogP contribution in [0.3, 0.4) is 0 Å². The normalized spacial score (nSPS) is 12.6. The zero-order valence-electron chi connectivity index (χ0n) is 15.3. The van der Waals surface area contributed by atoms with Crippen LogP contribution >= 0.6 is 12.2 Å². The maximum atomic E-state index is 12.2. The summed E-state index contributed by atoms with van der Waals surface area (Å²) in [6.07, 6.45) is 7.63. The Morgan fingerprint density at radius 3 is 2.76 bits per heavy atom. The number of aryl methyl sites for hydroxylation is 1. The summed E-state index contributed by atoms with van der Waals surface area (Å²) in [6.45, 7) is 4.87. The molecule has 0 fully saturated rings. The summed E-state index contributed by atoms with van der Waals surface area (Å²) in [5, 5.41) is 1.72. The van der Waals surface area contributed by atoms with Crippen molar-refractivity contribution in [1.29, 1.82) is 0 Å². The predicted octanol–water partition coefficient (Wildman–Crippen LogP) is 3.02. The number of ether oxygens (including phenoxy) is 1. The number of benzene rings is 1. The Bertz CT molecular complexity index is 619. The molecule has 0 heterocycles. The smallest absolute Gasteiger partial charge is 0.276 e. The molecule has 6 heteroatoms. The summed E-state index contributed by atoms with van der Waals surface area (Å²) in [6, 6.07) is 4.02. The fourth-order valence-corrected chi connectivity index (χ4v) is 3.37. The van der Waals surface area contributed by atoms with Crippen molar-refractivity contribution in [3.05, 3.63) is 28.8 Å². The van der Waals surface area contributed by atoms with Gasteiger partial charge in [0.15, 0.2) is 11.7 Å². The molecule has 5 nitrogen and oxygen atoms in total. The lowest BCUT2D eigenvalue weighted by Gasteiger charge is -2.23. The largest absolute Gasteiger partial charge is 0.483 e. The molecule has 1 aromatic rings. The first kappa shape index (κ1) is 19.5. The zero-order chi connectivity index (χ0) is 18.2. The number of nitrogens with two attached hydrogens (primary N) is 1. The number of unbranched alkanes of at least 4 members (excludes halogenated alkanes) is 3. The van der Waals surface area contributed by atoms with Gasteiger partial charge in [0.1, 0.15) is 5.75 Å². The lowest BCUT2D eigenvalue weighted by Crippen LogP contribution is -2.50. The SMILES string of the molecule is CCCCCCN(NC(=O)COc1ccc(C)c2c1CCC2)C(N)=S. The number of fused-ring (bicyclic) bond motifs is 1. The highest BCUT2D eigenvalue weighted by atomic mass is 32.1. The molecule has 0 saturated heterocycles. The zero-order valence-corrected chi connectivity index (χ0v) is 16.1. The van der Waals surface area contributed by atoms with Gasteiger partial charge in [-0.25, -0.2) is 0 Å². The van der Waals surface area contributed by atoms with Crippen molar-refractivity contribution in [1.82, 2.24) is 10.4 Å². The van der Waals surface area contributed by atoms with Crippen LogP contribution in [0.25, 0.3) is 0 Å². The van der Waals surface area contributed by atoms with Gasteiger partial charge in [0.05, 0.1) is 0 Å². The van der Waals surface area contributed by atoms with Gasteiger partial charge in [-0.15, -0.1) is 0 Å². The number of carbonyl (C=O) groups is 1. The number of nitrogens with zero attached hydrogens (tertiary/aromatic N) is 1. The minimum Gasteiger partial charge on any atom is -0.483 e. The predicted molar refractivity (Wildman–Crippen MR) is 104 cm³/mol. The number of amides is 1. The number of rotatable bonds is 8. The second kappa shape index (κ2) is 9.61. The molecule has 1 amide bonds. The van der Waals surface area contributed by atoms with Gasteiger partial charge in [-0.1, -0.05) is 32.3 Å². The van der Waals surface area contributed by atoms with Crippen LogP contribution < -0.4 is 15.9 Å². The molecule has 3 N–H and O–H groups in total. The summed E-state index contributed by atoms with van der Waals surface area (Å²) in [5.74, 6) is 0.577. The van der Waals surface area contributed by atoms with E-state index in [9.17, 15) is 4.79 Å². The van der Waals surface area contributed by atoms with E-state index in [0.717, 1.165) is 44.3 Å². The number of hydrogen-bond donors (Lipinski definition) is 2. The van der Waals surface area contributed by atoms with Gasteiger partial charge in [-0.05, 0) is 67.6 Å². The van der Waals surface area contributed by atoms with Crippen molar-refractivity contribution in [2.75, 3.05) is 13.2 Å². The lowest BCUT2D eigenvalue weighted by molar-refractivity contribution is -0.126. The van der Waals surface area contributed by atoms with Gasteiger partial charge in [0, 0.05) is 6.54 Å². The third kappa shape index (κ3) is 5.59. The summed E-state index contributed by atoms with van der Waals surface area (Å²) >= 11 is 5.02. The maximum absolute atomic E-state index is 12.2. The molecule has 0 saturated carbocycles. The van der Waals surface area contributed by atoms with Crippen molar-refractivity contribution in [3.63, 3.8) is 0 Å². The third-order valence-corrected chi connectivity index (χ3v) is 4.82. The fourth-order valence-electron chi connectivity index (χ4n) is 3.23. The standard InChI is InChI=1S/C19H29N3O2S/c1-3-4-5-6-12-22(19(20)25)21-18(23)13-24-17-11-10-14(2)15-8-7-9-16(15)17/h10-11H,3-9,12-13H2,1-2H3,(H2,20,25)(H,21,23). The van der Waals surface area contributed by atoms with E-state index < -0.39 is 0 Å². The van der Waals surface area contributed by atoms with Crippen molar-refractivity contribution in [2.24, 2.45) is 5.73 Å². The molecule has 0 aliphatic heterocycles. The van der Waals surface area contributed by atoms with Crippen LogP contribution in [-0.2, 0) is 17.6 Å². The summed E-state index contributed by atoms with van der Waals surface area (Å²) in [4.78, 5) is 12.2. The Hall–Kier alpha value is -1.82. The van der Waals surface area contributed by atoms with Crippen molar-refractivity contribution in [3.8, 4) is 5.75 Å². The fraction of sp³-hybridized carbons (Fsp3) is 0.579. The molecule has 0 spiro atoms. The van der Waals surface area contributed by atoms with Gasteiger partial charge in [-0.3, -0.25) is 15.2 Å². The Morgan fingerprint density at radius 1 is 1.28 bits per heavy atom. The average molecular weight is 364 g/mol. The summed E-state index contributed by atoms with van der Waals surface area (Å²) in [7, 11) is 0. The highest BCUT2D eigenvalue weighted by Crippen LogP contribution is 2.32. The van der Waals surface area contributed by atoms with Gasteiger partial charge in [0.25, 0.3) is 5.91 Å². The quantitative estimate of drug-likeness (QED) is 0.422. The van der Waals surface area contributed by atoms with Crippen LogP contribution in [0.5, 0.6) is 5.75 Å². The molecule has 0 atom stereocenters. The van der Waals surface area contributed by atoms with Crippen LogP contribution in [0.15, 0.2) is 12.1 Å². The van der Waals surface area contributed by atoms with Crippen molar-refractivity contribution >= 4 is 23.2 Å². The molecular weight excluding hydrogens is 334 g/mol. The first-order valence-corrected chi connectivity index (χ1v) is 9.54. The van der Waals surface area contributed by atoms with E-state index >= 15 is 0 Å². The number of thiocarbonyl (C=S) groups is 1. The molecule has 0 unspecified atom stereocenters. The van der Waals surface area contributed by atoms with Crippen LogP contribution in [0.2, 0.25) is 0 Å². The average Bonchev–Trinajstić information content (AvgIpc) is 3.07. The molecule has 25 heavy (non-hydrogen) atoms. The van der Waals surface area contributed by atoms with E-state index in [2.05, 4.69) is 25.3 Å².